The fourth-order valence-corrected chi connectivity index (χ4v) is 9.32. The van der Waals surface area contributed by atoms with Gasteiger partial charge >= 0.3 is 5.97 Å². The second-order valence-corrected chi connectivity index (χ2v) is 20.7. The van der Waals surface area contributed by atoms with Gasteiger partial charge in [0.2, 0.25) is 5.91 Å². The van der Waals surface area contributed by atoms with Crippen LogP contribution >= 0.6 is 0 Å². The monoisotopic (exact) mass is 944 g/mol. The highest BCUT2D eigenvalue weighted by Crippen LogP contribution is 2.18. The molecule has 6 heteroatoms. The average molecular weight is 945 g/mol. The standard InChI is InChI=1S/C61H117NO5/c1-3-5-7-9-11-13-15-30-34-37-41-45-49-53-59(64)58(57-63)62-60(65)54-50-46-42-38-35-31-28-26-24-22-20-18-16-17-19-21-23-25-27-29-32-36-40-44-48-52-56-67-61(66)55-51-47-43-39-33-14-12-10-8-6-4-2/h10,12,49,53,58-59,63-64H,3-9,11,13-48,50-52,54-57H2,1-2H3,(H,62,65)/b12-10-,53-49+. The van der Waals surface area contributed by atoms with Crippen molar-refractivity contribution in [3.05, 3.63) is 24.3 Å². The zero-order valence-corrected chi connectivity index (χ0v) is 45.1. The molecule has 0 rings (SSSR count). The van der Waals surface area contributed by atoms with Crippen molar-refractivity contribution in [2.75, 3.05) is 13.2 Å². The molecule has 0 spiro atoms. The van der Waals surface area contributed by atoms with Gasteiger partial charge in [-0.1, -0.05) is 289 Å². The van der Waals surface area contributed by atoms with Gasteiger partial charge in [-0.15, -0.1) is 0 Å². The van der Waals surface area contributed by atoms with Crippen LogP contribution in [-0.4, -0.2) is 47.4 Å². The van der Waals surface area contributed by atoms with Gasteiger partial charge in [-0.25, -0.2) is 0 Å². The van der Waals surface area contributed by atoms with Gasteiger partial charge in [0.15, 0.2) is 0 Å². The number of carbonyl (C=O) groups is 2. The minimum absolute atomic E-state index is 0.00574. The summed E-state index contributed by atoms with van der Waals surface area (Å²) in [6, 6.07) is -0.625. The number of esters is 1. The van der Waals surface area contributed by atoms with E-state index in [0.717, 1.165) is 44.9 Å². The van der Waals surface area contributed by atoms with Crippen LogP contribution in [0.5, 0.6) is 0 Å². The molecule has 0 saturated heterocycles. The van der Waals surface area contributed by atoms with Crippen LogP contribution in [0.2, 0.25) is 0 Å². The maximum Gasteiger partial charge on any atom is 0.305 e. The van der Waals surface area contributed by atoms with Crippen molar-refractivity contribution in [3.8, 4) is 0 Å². The molecular weight excluding hydrogens is 827 g/mol. The maximum atomic E-state index is 12.4. The quantitative estimate of drug-likeness (QED) is 0.0321. The Bertz CT molecular complexity index is 1040. The van der Waals surface area contributed by atoms with Crippen molar-refractivity contribution >= 4 is 11.9 Å². The minimum atomic E-state index is -0.841. The number of hydrogen-bond acceptors (Lipinski definition) is 5. The smallest absolute Gasteiger partial charge is 0.305 e. The number of aliphatic hydroxyl groups is 2. The van der Waals surface area contributed by atoms with E-state index in [1.54, 1.807) is 6.08 Å². The summed E-state index contributed by atoms with van der Waals surface area (Å²) in [6.45, 7) is 4.87. The van der Waals surface area contributed by atoms with Gasteiger partial charge in [0, 0.05) is 12.8 Å². The largest absolute Gasteiger partial charge is 0.466 e. The summed E-state index contributed by atoms with van der Waals surface area (Å²) in [7, 11) is 0. The first-order chi connectivity index (χ1) is 33.0. The molecule has 0 aromatic rings. The average Bonchev–Trinajstić information content (AvgIpc) is 3.33. The highest BCUT2D eigenvalue weighted by molar-refractivity contribution is 5.76. The van der Waals surface area contributed by atoms with E-state index in [0.29, 0.717) is 19.4 Å². The number of aliphatic hydroxyl groups excluding tert-OH is 2. The van der Waals surface area contributed by atoms with Gasteiger partial charge in [-0.05, 0) is 51.4 Å². The first-order valence-electron chi connectivity index (χ1n) is 30.1. The topological polar surface area (TPSA) is 95.9 Å². The first-order valence-corrected chi connectivity index (χ1v) is 30.1. The summed E-state index contributed by atoms with van der Waals surface area (Å²) in [6.07, 6.45) is 69.3. The van der Waals surface area contributed by atoms with Crippen molar-refractivity contribution in [1.82, 2.24) is 5.32 Å². The SMILES string of the molecule is CCCC/C=C\CCCCCCCC(=O)OCCCCCCCCCCCCCCCCCCCCCCCCCCCCC(=O)NC(CO)C(O)/C=C/CCCCCCCCCCCCC. The van der Waals surface area contributed by atoms with Crippen molar-refractivity contribution in [3.63, 3.8) is 0 Å². The fourth-order valence-electron chi connectivity index (χ4n) is 9.32. The highest BCUT2D eigenvalue weighted by atomic mass is 16.5. The van der Waals surface area contributed by atoms with E-state index in [1.165, 1.54) is 257 Å². The molecule has 0 radical (unpaired) electrons. The van der Waals surface area contributed by atoms with E-state index in [4.69, 9.17) is 4.74 Å². The number of amides is 1. The van der Waals surface area contributed by atoms with Gasteiger partial charge in [0.1, 0.15) is 0 Å². The molecule has 0 saturated carbocycles. The second-order valence-electron chi connectivity index (χ2n) is 20.7. The Morgan fingerprint density at radius 3 is 1.10 bits per heavy atom. The summed E-state index contributed by atoms with van der Waals surface area (Å²) in [4.78, 5) is 24.4. The van der Waals surface area contributed by atoms with Crippen LogP contribution < -0.4 is 5.32 Å². The third kappa shape index (κ3) is 53.5. The molecule has 396 valence electrons. The molecule has 0 aromatic heterocycles. The predicted octanol–water partition coefficient (Wildman–Crippen LogP) is 18.6. The Morgan fingerprint density at radius 1 is 0.403 bits per heavy atom. The van der Waals surface area contributed by atoms with Crippen LogP contribution in [0, 0.1) is 0 Å². The summed E-state index contributed by atoms with van der Waals surface area (Å²) >= 11 is 0. The molecule has 0 aliphatic heterocycles. The zero-order chi connectivity index (χ0) is 48.6. The van der Waals surface area contributed by atoms with E-state index in [1.807, 2.05) is 6.08 Å². The molecule has 0 bridgehead atoms. The minimum Gasteiger partial charge on any atom is -0.466 e. The van der Waals surface area contributed by atoms with Crippen LogP contribution in [0.25, 0.3) is 0 Å². The van der Waals surface area contributed by atoms with Crippen molar-refractivity contribution in [1.29, 1.82) is 0 Å². The van der Waals surface area contributed by atoms with Crippen LogP contribution in [0.15, 0.2) is 24.3 Å². The lowest BCUT2D eigenvalue weighted by molar-refractivity contribution is -0.143. The molecule has 0 aliphatic rings. The van der Waals surface area contributed by atoms with Gasteiger partial charge < -0.3 is 20.3 Å². The Balaban J connectivity index is 3.37. The number of carbonyl (C=O) groups excluding carboxylic acids is 2. The lowest BCUT2D eigenvalue weighted by atomic mass is 10.0. The molecule has 6 nitrogen and oxygen atoms in total. The van der Waals surface area contributed by atoms with E-state index in [9.17, 15) is 19.8 Å². The number of rotatable bonds is 56. The Labute approximate surface area is 418 Å². The molecule has 0 aliphatic carbocycles. The number of hydrogen-bond donors (Lipinski definition) is 3. The maximum absolute atomic E-state index is 12.4. The predicted molar refractivity (Wildman–Crippen MR) is 292 cm³/mol. The normalized spacial score (nSPS) is 12.7. The Kier molecular flexibility index (Phi) is 55.5. The third-order valence-electron chi connectivity index (χ3n) is 14.0. The number of allylic oxidation sites excluding steroid dienone is 3. The lowest BCUT2D eigenvalue weighted by Crippen LogP contribution is -2.45. The van der Waals surface area contributed by atoms with E-state index >= 15 is 0 Å². The zero-order valence-electron chi connectivity index (χ0n) is 45.1. The molecule has 2 unspecified atom stereocenters. The van der Waals surface area contributed by atoms with E-state index < -0.39 is 12.1 Å². The van der Waals surface area contributed by atoms with E-state index in [2.05, 4.69) is 31.3 Å². The number of nitrogens with one attached hydrogen (secondary N) is 1. The molecule has 0 fully saturated rings. The molecule has 0 aromatic carbocycles. The fraction of sp³-hybridized carbons (Fsp3) is 0.902. The summed E-state index contributed by atoms with van der Waals surface area (Å²) in [5.74, 6) is -0.0593. The molecule has 3 N–H and O–H groups in total. The van der Waals surface area contributed by atoms with Gasteiger partial charge in [-0.2, -0.15) is 0 Å². The van der Waals surface area contributed by atoms with Crippen molar-refractivity contribution in [2.45, 2.75) is 341 Å². The van der Waals surface area contributed by atoms with Crippen LogP contribution in [-0.2, 0) is 14.3 Å². The third-order valence-corrected chi connectivity index (χ3v) is 14.0. The Morgan fingerprint density at radius 2 is 0.716 bits per heavy atom. The lowest BCUT2D eigenvalue weighted by Gasteiger charge is -2.20. The number of unbranched alkanes of at least 4 members (excludes halogenated alkanes) is 43. The number of ether oxygens (including phenoxy) is 1. The molecule has 0 heterocycles. The van der Waals surface area contributed by atoms with Crippen LogP contribution in [0.4, 0.5) is 0 Å². The van der Waals surface area contributed by atoms with Crippen molar-refractivity contribution < 1.29 is 24.5 Å². The van der Waals surface area contributed by atoms with Crippen molar-refractivity contribution in [2.24, 2.45) is 0 Å². The van der Waals surface area contributed by atoms with Gasteiger partial charge in [0.05, 0.1) is 25.4 Å². The second kappa shape index (κ2) is 56.9. The molecule has 67 heavy (non-hydrogen) atoms. The highest BCUT2D eigenvalue weighted by Gasteiger charge is 2.18. The molecule has 1 amide bonds. The summed E-state index contributed by atoms with van der Waals surface area (Å²) in [5.41, 5.74) is 0. The van der Waals surface area contributed by atoms with Crippen LogP contribution in [0.1, 0.15) is 328 Å². The summed E-state index contributed by atoms with van der Waals surface area (Å²) < 4.78 is 5.46. The Hall–Kier alpha value is -1.66. The van der Waals surface area contributed by atoms with Gasteiger partial charge in [-0.3, -0.25) is 9.59 Å². The summed E-state index contributed by atoms with van der Waals surface area (Å²) in [5, 5.41) is 23.1. The molecular formula is C61H117NO5. The first kappa shape index (κ1) is 65.3. The van der Waals surface area contributed by atoms with Crippen LogP contribution in [0.3, 0.4) is 0 Å². The molecule has 2 atom stereocenters. The van der Waals surface area contributed by atoms with Gasteiger partial charge in [0.25, 0.3) is 0 Å². The van der Waals surface area contributed by atoms with E-state index in [-0.39, 0.29) is 18.5 Å².